The molecule has 91 heavy (non-hydrogen) atoms. The molecule has 0 rings (SSSR count). The van der Waals surface area contributed by atoms with E-state index in [9.17, 15) is 19.0 Å². The number of ether oxygens (including phenoxy) is 1. The van der Waals surface area contributed by atoms with Gasteiger partial charge in [0.15, 0.2) is 0 Å². The predicted octanol–water partition coefficient (Wildman–Crippen LogP) is 25.2. The van der Waals surface area contributed by atoms with Crippen LogP contribution in [0.1, 0.15) is 367 Å². The summed E-state index contributed by atoms with van der Waals surface area (Å²) >= 11 is 0. The molecular formula is C81H150N2O7P+. The maximum atomic E-state index is 13.7. The third-order valence-corrected chi connectivity index (χ3v) is 18.3. The van der Waals surface area contributed by atoms with Crippen LogP contribution in [-0.2, 0) is 27.9 Å². The van der Waals surface area contributed by atoms with E-state index < -0.39 is 20.0 Å². The first kappa shape index (κ1) is 88.2. The number of allylic oxidation sites excluding steroid dienone is 13. The first-order chi connectivity index (χ1) is 44.4. The van der Waals surface area contributed by atoms with Gasteiger partial charge in [0.1, 0.15) is 19.3 Å². The van der Waals surface area contributed by atoms with Gasteiger partial charge in [-0.15, -0.1) is 0 Å². The number of unbranched alkanes of at least 4 members (excludes halogenated alkanes) is 43. The van der Waals surface area contributed by atoms with Crippen LogP contribution in [0.4, 0.5) is 0 Å². The zero-order valence-corrected chi connectivity index (χ0v) is 61.7. The highest BCUT2D eigenvalue weighted by Crippen LogP contribution is 2.43. The largest absolute Gasteiger partial charge is 0.472 e. The quantitative estimate of drug-likeness (QED) is 0.0205. The van der Waals surface area contributed by atoms with E-state index in [4.69, 9.17) is 13.8 Å². The Morgan fingerprint density at radius 3 is 1.07 bits per heavy atom. The fraction of sp³-hybridized carbons (Fsp3) is 0.802. The summed E-state index contributed by atoms with van der Waals surface area (Å²) in [5.41, 5.74) is 0. The summed E-state index contributed by atoms with van der Waals surface area (Å²) in [4.78, 5) is 38.0. The number of phosphoric ester groups is 1. The van der Waals surface area contributed by atoms with Gasteiger partial charge in [0.25, 0.3) is 0 Å². The first-order valence-electron chi connectivity index (χ1n) is 38.9. The van der Waals surface area contributed by atoms with Crippen LogP contribution >= 0.6 is 7.82 Å². The molecule has 0 saturated heterocycles. The Morgan fingerprint density at radius 1 is 0.396 bits per heavy atom. The zero-order chi connectivity index (χ0) is 66.3. The Labute approximate surface area is 565 Å². The second-order valence-electron chi connectivity index (χ2n) is 27.5. The molecule has 0 aromatic carbocycles. The van der Waals surface area contributed by atoms with Crippen molar-refractivity contribution in [2.75, 3.05) is 40.9 Å². The van der Waals surface area contributed by atoms with Crippen LogP contribution in [0.15, 0.2) is 85.1 Å². The topological polar surface area (TPSA) is 111 Å². The summed E-state index contributed by atoms with van der Waals surface area (Å²) in [6.45, 7) is 6.94. The van der Waals surface area contributed by atoms with Crippen molar-refractivity contribution in [2.45, 2.75) is 380 Å². The van der Waals surface area contributed by atoms with Crippen molar-refractivity contribution in [3.05, 3.63) is 85.1 Å². The first-order valence-corrected chi connectivity index (χ1v) is 40.4. The lowest BCUT2D eigenvalue weighted by Gasteiger charge is -2.27. The van der Waals surface area contributed by atoms with Crippen molar-refractivity contribution in [1.82, 2.24) is 5.32 Å². The third kappa shape index (κ3) is 71.3. The number of quaternary nitrogens is 1. The molecule has 0 aliphatic carbocycles. The van der Waals surface area contributed by atoms with Gasteiger partial charge in [-0.1, -0.05) is 337 Å². The van der Waals surface area contributed by atoms with E-state index in [1.165, 1.54) is 231 Å². The van der Waals surface area contributed by atoms with Crippen LogP contribution < -0.4 is 5.32 Å². The average molecular weight is 1300 g/mol. The molecule has 0 fully saturated rings. The molecule has 0 radical (unpaired) electrons. The van der Waals surface area contributed by atoms with Crippen molar-refractivity contribution in [1.29, 1.82) is 0 Å². The number of rotatable bonds is 71. The van der Waals surface area contributed by atoms with Crippen LogP contribution in [-0.4, -0.2) is 74.3 Å². The summed E-state index contributed by atoms with van der Waals surface area (Å²) in [5, 5.41) is 3.08. The monoisotopic (exact) mass is 1290 g/mol. The summed E-state index contributed by atoms with van der Waals surface area (Å²) in [7, 11) is 1.50. The Kier molecular flexibility index (Phi) is 67.8. The van der Waals surface area contributed by atoms with Gasteiger partial charge >= 0.3 is 13.8 Å². The number of nitrogens with zero attached hydrogens (tertiary/aromatic N) is 1. The fourth-order valence-corrected chi connectivity index (χ4v) is 12.1. The number of likely N-dealkylation sites (N-methyl/N-ethyl adjacent to an activating group) is 1. The highest BCUT2D eigenvalue weighted by atomic mass is 31.2. The molecular weight excluding hydrogens is 1140 g/mol. The van der Waals surface area contributed by atoms with Gasteiger partial charge in [0, 0.05) is 12.8 Å². The molecule has 0 heterocycles. The van der Waals surface area contributed by atoms with E-state index in [-0.39, 0.29) is 25.1 Å². The lowest BCUT2D eigenvalue weighted by molar-refractivity contribution is -0.870. The second-order valence-corrected chi connectivity index (χ2v) is 29.0. The van der Waals surface area contributed by atoms with Gasteiger partial charge in [-0.25, -0.2) is 4.57 Å². The van der Waals surface area contributed by atoms with E-state index in [1.54, 1.807) is 0 Å². The van der Waals surface area contributed by atoms with Crippen LogP contribution in [0.5, 0.6) is 0 Å². The molecule has 0 aromatic rings. The second kappa shape index (κ2) is 70.0. The molecule has 9 nitrogen and oxygen atoms in total. The molecule has 0 aliphatic rings. The molecule has 0 aromatic heterocycles. The Hall–Kier alpha value is -2.81. The number of amides is 1. The molecule has 3 unspecified atom stereocenters. The highest BCUT2D eigenvalue weighted by molar-refractivity contribution is 7.47. The Bertz CT molecular complexity index is 1830. The van der Waals surface area contributed by atoms with Gasteiger partial charge < -0.3 is 19.4 Å². The van der Waals surface area contributed by atoms with E-state index in [0.717, 1.165) is 103 Å². The number of hydrogen-bond donors (Lipinski definition) is 2. The van der Waals surface area contributed by atoms with Crippen LogP contribution in [0, 0.1) is 0 Å². The molecule has 3 atom stereocenters. The Morgan fingerprint density at radius 2 is 0.703 bits per heavy atom. The minimum atomic E-state index is -4.46. The van der Waals surface area contributed by atoms with Gasteiger partial charge in [0.05, 0.1) is 33.8 Å². The Balaban J connectivity index is 4.99. The van der Waals surface area contributed by atoms with Crippen molar-refractivity contribution in [2.24, 2.45) is 0 Å². The number of hydrogen-bond acceptors (Lipinski definition) is 6. The zero-order valence-electron chi connectivity index (χ0n) is 60.8. The van der Waals surface area contributed by atoms with E-state index in [2.05, 4.69) is 99.0 Å². The molecule has 10 heteroatoms. The van der Waals surface area contributed by atoms with E-state index in [0.29, 0.717) is 23.9 Å². The third-order valence-electron chi connectivity index (χ3n) is 17.3. The van der Waals surface area contributed by atoms with E-state index >= 15 is 0 Å². The van der Waals surface area contributed by atoms with Gasteiger partial charge in [-0.05, 0) is 102 Å². The molecule has 1 amide bonds. The summed E-state index contributed by atoms with van der Waals surface area (Å²) in [6.07, 6.45) is 94.7. The molecule has 2 N–H and O–H groups in total. The minimum Gasteiger partial charge on any atom is -0.456 e. The maximum absolute atomic E-state index is 13.7. The maximum Gasteiger partial charge on any atom is 0.472 e. The minimum absolute atomic E-state index is 0.0376. The van der Waals surface area contributed by atoms with Crippen molar-refractivity contribution < 1.29 is 37.3 Å². The number of phosphoric acid groups is 1. The molecule has 0 saturated carbocycles. The number of esters is 1. The standard InChI is InChI=1S/C81H149N2O7P/c1-7-10-13-16-19-22-25-28-30-32-34-36-38-40-41-43-45-47-49-51-53-56-59-62-65-68-71-74-81(85)90-79(72-69-66-63-60-57-54-27-24-21-18-15-12-9-3)78(77-89-91(86,87)88-76-75-83(4,5)6)82-80(84)73-70-67-64-61-58-55-52-50-48-46-44-42-39-37-35-33-31-29-26-23-20-17-14-11-8-2/h11,14,20,23,28-31,35,37,42,44,69,72,78-79H,7-10,12-13,15-19,21-22,24-27,32-34,36,38-41,43,45-68,70-71,73-77H2,1-6H3,(H-,82,84,86,87)/p+1/b14-11-,23-20-,30-28+,31-29-,37-35-,44-42-,72-69+. The smallest absolute Gasteiger partial charge is 0.456 e. The van der Waals surface area contributed by atoms with Crippen LogP contribution in [0.25, 0.3) is 0 Å². The van der Waals surface area contributed by atoms with Crippen molar-refractivity contribution in [3.63, 3.8) is 0 Å². The predicted molar refractivity (Wildman–Crippen MR) is 397 cm³/mol. The summed E-state index contributed by atoms with van der Waals surface area (Å²) in [5.74, 6) is -0.499. The SMILES string of the molecule is CC/C=C\C/C=C\C/C=C\C/C=C\C/C=C\CCCCCCCCCCCC(=O)NC(COP(=O)(O)OCC[N+](C)(C)C)C(/C=C/CCCCCCCCCCCCC)OC(=O)CCCCCCCCCCCCCCCCCCC/C=C/CCCCCCCC. The lowest BCUT2D eigenvalue weighted by atomic mass is 10.0. The van der Waals surface area contributed by atoms with Crippen LogP contribution in [0.2, 0.25) is 0 Å². The molecule has 530 valence electrons. The molecule has 0 aliphatic heterocycles. The van der Waals surface area contributed by atoms with Crippen molar-refractivity contribution in [3.8, 4) is 0 Å². The number of carbonyl (C=O) groups is 2. The molecule has 0 bridgehead atoms. The summed E-state index contributed by atoms with van der Waals surface area (Å²) in [6, 6.07) is -0.856. The average Bonchev–Trinajstić information content (AvgIpc) is 3.73. The van der Waals surface area contributed by atoms with Gasteiger partial charge in [0.2, 0.25) is 5.91 Å². The number of carbonyl (C=O) groups excluding carboxylic acids is 2. The highest BCUT2D eigenvalue weighted by Gasteiger charge is 2.30. The van der Waals surface area contributed by atoms with Crippen LogP contribution in [0.3, 0.4) is 0 Å². The normalized spacial score (nSPS) is 13.9. The van der Waals surface area contributed by atoms with Gasteiger partial charge in [-0.2, -0.15) is 0 Å². The molecule has 0 spiro atoms. The fourth-order valence-electron chi connectivity index (χ4n) is 11.4. The lowest BCUT2D eigenvalue weighted by Crippen LogP contribution is -2.47. The number of nitrogens with one attached hydrogen (secondary N) is 1. The van der Waals surface area contributed by atoms with Crippen molar-refractivity contribution >= 4 is 19.7 Å². The van der Waals surface area contributed by atoms with Gasteiger partial charge in [-0.3, -0.25) is 18.6 Å². The van der Waals surface area contributed by atoms with E-state index in [1.807, 2.05) is 33.3 Å². The summed E-state index contributed by atoms with van der Waals surface area (Å²) < 4.78 is 30.9.